The second-order valence-electron chi connectivity index (χ2n) is 15.2. The summed E-state index contributed by atoms with van der Waals surface area (Å²) < 4.78 is 43.5. The molecular formula is C40H41ClF2N8O3. The van der Waals surface area contributed by atoms with Crippen LogP contribution in [-0.4, -0.2) is 124 Å². The Kier molecular flexibility index (Phi) is 9.33. The maximum Gasteiger partial charge on any atom is 0.319 e. The molecule has 5 fully saturated rings. The van der Waals surface area contributed by atoms with Crippen molar-refractivity contribution in [2.45, 2.75) is 61.9 Å². The number of hydrogen-bond donors (Lipinski definition) is 0. The molecule has 7 heterocycles. The molecule has 5 aliphatic rings. The molecule has 2 aromatic heterocycles. The first-order valence-corrected chi connectivity index (χ1v) is 19.2. The third-order valence-corrected chi connectivity index (χ3v) is 12.4. The fourth-order valence-corrected chi connectivity index (χ4v) is 9.64. The largest absolute Gasteiger partial charge is 0.461 e. The number of piperazine rings is 1. The summed E-state index contributed by atoms with van der Waals surface area (Å²) in [7, 11) is 0. The van der Waals surface area contributed by atoms with E-state index < -0.39 is 23.6 Å². The number of fused-ring (bicyclic) bond motifs is 5. The number of pyridine rings is 1. The Hall–Kier alpha value is -4.48. The normalized spacial score (nSPS) is 27.1. The molecule has 5 atom stereocenters. The predicted octanol–water partition coefficient (Wildman–Crippen LogP) is 5.55. The molecule has 0 saturated carbocycles. The number of morpholine rings is 1. The molecule has 280 valence electrons. The van der Waals surface area contributed by atoms with Crippen molar-refractivity contribution in [2.75, 3.05) is 64.0 Å². The van der Waals surface area contributed by atoms with Crippen molar-refractivity contribution in [3.05, 3.63) is 65.6 Å². The SMILES string of the molecule is N#CC[C@H]1CN(c2nc(OC[C@@]34CCCN3C[C@H](F)C4)nc3c(F)c(-c4cccc5cccc(Cl)c45)ncc23)CCN1C(=O)/C=C/CN1C2COCC1C2. The first-order chi connectivity index (χ1) is 26.3. The van der Waals surface area contributed by atoms with Gasteiger partial charge in [0.1, 0.15) is 29.8 Å². The van der Waals surface area contributed by atoms with E-state index >= 15 is 4.39 Å². The van der Waals surface area contributed by atoms with Crippen molar-refractivity contribution in [3.8, 4) is 23.3 Å². The zero-order valence-electron chi connectivity index (χ0n) is 29.8. The van der Waals surface area contributed by atoms with Crippen LogP contribution >= 0.6 is 11.6 Å². The van der Waals surface area contributed by atoms with Gasteiger partial charge in [0.25, 0.3) is 0 Å². The maximum absolute atomic E-state index is 17.0. The van der Waals surface area contributed by atoms with E-state index in [1.807, 2.05) is 35.2 Å². The Morgan fingerprint density at radius 1 is 1.13 bits per heavy atom. The summed E-state index contributed by atoms with van der Waals surface area (Å²) >= 11 is 6.64. The minimum atomic E-state index is -0.934. The van der Waals surface area contributed by atoms with Gasteiger partial charge in [0.2, 0.25) is 5.91 Å². The number of ether oxygens (including phenoxy) is 2. The Morgan fingerprint density at radius 3 is 2.78 bits per heavy atom. The van der Waals surface area contributed by atoms with Gasteiger partial charge in [-0.3, -0.25) is 19.6 Å². The lowest BCUT2D eigenvalue weighted by Crippen LogP contribution is -2.63. The number of benzene rings is 2. The molecule has 0 spiro atoms. The van der Waals surface area contributed by atoms with E-state index in [1.165, 1.54) is 0 Å². The van der Waals surface area contributed by atoms with Gasteiger partial charge in [0.05, 0.1) is 42.7 Å². The van der Waals surface area contributed by atoms with Gasteiger partial charge < -0.3 is 19.3 Å². The third kappa shape index (κ3) is 6.23. The molecule has 11 nitrogen and oxygen atoms in total. The van der Waals surface area contributed by atoms with Crippen LogP contribution in [0.5, 0.6) is 6.01 Å². The number of alkyl halides is 1. The monoisotopic (exact) mass is 754 g/mol. The summed E-state index contributed by atoms with van der Waals surface area (Å²) in [5, 5.41) is 12.2. The molecule has 0 aliphatic carbocycles. The highest BCUT2D eigenvalue weighted by Crippen LogP contribution is 2.41. The average molecular weight is 755 g/mol. The molecule has 14 heteroatoms. The summed E-state index contributed by atoms with van der Waals surface area (Å²) in [5.41, 5.74) is 0.186. The van der Waals surface area contributed by atoms with Crippen LogP contribution in [0.25, 0.3) is 32.9 Å². The lowest BCUT2D eigenvalue weighted by molar-refractivity contribution is -0.129. The van der Waals surface area contributed by atoms with E-state index in [9.17, 15) is 14.4 Å². The number of nitrogens with zero attached hydrogens (tertiary/aromatic N) is 8. The second kappa shape index (κ2) is 14.3. The first kappa shape index (κ1) is 35.2. The molecular weight excluding hydrogens is 714 g/mol. The first-order valence-electron chi connectivity index (χ1n) is 18.8. The van der Waals surface area contributed by atoms with Crippen LogP contribution in [0, 0.1) is 17.1 Å². The Morgan fingerprint density at radius 2 is 1.96 bits per heavy atom. The molecule has 0 N–H and O–H groups in total. The Bertz CT molecular complexity index is 2170. The molecule has 2 aromatic carbocycles. The fourth-order valence-electron chi connectivity index (χ4n) is 9.35. The molecule has 5 saturated heterocycles. The van der Waals surface area contributed by atoms with Gasteiger partial charge in [-0.05, 0) is 37.3 Å². The van der Waals surface area contributed by atoms with Gasteiger partial charge in [0, 0.05) is 79.5 Å². The number of anilines is 1. The second-order valence-corrected chi connectivity index (χ2v) is 15.6. The summed E-state index contributed by atoms with van der Waals surface area (Å²) in [5.74, 6) is -0.400. The van der Waals surface area contributed by atoms with Crippen LogP contribution in [0.2, 0.25) is 5.02 Å². The predicted molar refractivity (Wildman–Crippen MR) is 201 cm³/mol. The van der Waals surface area contributed by atoms with Crippen molar-refractivity contribution >= 4 is 45.0 Å². The quantitative estimate of drug-likeness (QED) is 0.202. The van der Waals surface area contributed by atoms with Gasteiger partial charge in [-0.1, -0.05) is 48.0 Å². The summed E-state index contributed by atoms with van der Waals surface area (Å²) in [4.78, 5) is 35.8. The molecule has 0 radical (unpaired) electrons. The lowest BCUT2D eigenvalue weighted by atomic mass is 9.91. The number of amides is 1. The molecule has 4 aromatic rings. The molecule has 2 bridgehead atoms. The minimum absolute atomic E-state index is 0.0209. The highest BCUT2D eigenvalue weighted by molar-refractivity contribution is 6.36. The van der Waals surface area contributed by atoms with Crippen molar-refractivity contribution in [1.82, 2.24) is 29.7 Å². The van der Waals surface area contributed by atoms with E-state index in [-0.39, 0.29) is 42.7 Å². The van der Waals surface area contributed by atoms with Crippen LogP contribution < -0.4 is 9.64 Å². The van der Waals surface area contributed by atoms with E-state index in [1.54, 1.807) is 29.3 Å². The van der Waals surface area contributed by atoms with Gasteiger partial charge in [-0.2, -0.15) is 15.2 Å². The van der Waals surface area contributed by atoms with Gasteiger partial charge >= 0.3 is 6.01 Å². The van der Waals surface area contributed by atoms with Gasteiger partial charge in [-0.15, -0.1) is 0 Å². The van der Waals surface area contributed by atoms with Crippen molar-refractivity contribution < 1.29 is 23.0 Å². The lowest BCUT2D eigenvalue weighted by Gasteiger charge is -2.52. The standard InChI is InChI=1S/C40H41ClF2N8O3/c41-32-8-2-6-25-5-1-7-30(34(25)32)36-35(43)37-31(19-45-36)38(47-39(46-37)54-24-40-11-4-13-49(40)20-26(42)18-40)48-15-16-51(27(21-48)10-12-44)33(52)9-3-14-50-28-17-29(50)23-53-22-28/h1-3,5-9,19,26-29H,4,10-11,13-18,20-24H2/b9-3+/t26-,27+,28?,29?,40+/m1/s1. The smallest absolute Gasteiger partial charge is 0.319 e. The van der Waals surface area contributed by atoms with Crippen molar-refractivity contribution in [1.29, 1.82) is 5.26 Å². The summed E-state index contributed by atoms with van der Waals surface area (Å²) in [6.45, 7) is 4.48. The Balaban J connectivity index is 1.04. The van der Waals surface area contributed by atoms with E-state index in [0.29, 0.717) is 71.9 Å². The fraction of sp³-hybridized carbons (Fsp3) is 0.475. The van der Waals surface area contributed by atoms with E-state index in [2.05, 4.69) is 25.8 Å². The average Bonchev–Trinajstić information content (AvgIpc) is 3.71. The zero-order valence-corrected chi connectivity index (χ0v) is 30.6. The summed E-state index contributed by atoms with van der Waals surface area (Å²) in [6.07, 6.45) is 7.50. The van der Waals surface area contributed by atoms with Crippen LogP contribution in [0.3, 0.4) is 0 Å². The molecule has 1 amide bonds. The molecule has 54 heavy (non-hydrogen) atoms. The number of halogens is 3. The van der Waals surface area contributed by atoms with Crippen molar-refractivity contribution in [2.24, 2.45) is 0 Å². The third-order valence-electron chi connectivity index (χ3n) is 12.1. The highest BCUT2D eigenvalue weighted by atomic mass is 35.5. The maximum atomic E-state index is 17.0. The van der Waals surface area contributed by atoms with Gasteiger partial charge in [0.15, 0.2) is 5.82 Å². The van der Waals surface area contributed by atoms with Crippen LogP contribution in [0.15, 0.2) is 54.7 Å². The van der Waals surface area contributed by atoms with Crippen molar-refractivity contribution in [3.63, 3.8) is 0 Å². The number of hydrogen-bond acceptors (Lipinski definition) is 10. The van der Waals surface area contributed by atoms with E-state index in [4.69, 9.17) is 26.1 Å². The van der Waals surface area contributed by atoms with Gasteiger partial charge in [-0.25, -0.2) is 8.78 Å². The van der Waals surface area contributed by atoms with E-state index in [0.717, 1.165) is 44.4 Å². The molecule has 2 unspecified atom stereocenters. The molecule has 9 rings (SSSR count). The number of carbonyl (C=O) groups is 1. The number of nitriles is 1. The number of rotatable bonds is 9. The van der Waals surface area contributed by atoms with Crippen LogP contribution in [0.1, 0.15) is 32.1 Å². The highest BCUT2D eigenvalue weighted by Gasteiger charge is 2.49. The topological polar surface area (TPSA) is 111 Å². The van der Waals surface area contributed by atoms with Crippen LogP contribution in [0.4, 0.5) is 14.6 Å². The summed E-state index contributed by atoms with van der Waals surface area (Å²) in [6, 6.07) is 13.7. The zero-order chi connectivity index (χ0) is 37.0. The number of aromatic nitrogens is 3. The Labute approximate surface area is 317 Å². The minimum Gasteiger partial charge on any atom is -0.461 e. The molecule has 5 aliphatic heterocycles. The number of carbonyl (C=O) groups excluding carboxylic acids is 1. The van der Waals surface area contributed by atoms with Crippen LogP contribution in [-0.2, 0) is 9.53 Å².